The van der Waals surface area contributed by atoms with E-state index in [2.05, 4.69) is 10.3 Å². The molecule has 0 saturated heterocycles. The molecule has 1 amide bonds. The van der Waals surface area contributed by atoms with Gasteiger partial charge in [-0.1, -0.05) is 23.5 Å². The Balaban J connectivity index is 1.39. The van der Waals surface area contributed by atoms with Crippen molar-refractivity contribution in [1.29, 1.82) is 0 Å². The Morgan fingerprint density at radius 2 is 1.97 bits per heavy atom. The zero-order chi connectivity index (χ0) is 20.2. The van der Waals surface area contributed by atoms with Crippen LogP contribution in [0.25, 0.3) is 6.08 Å². The maximum Gasteiger partial charge on any atom is 0.270 e. The monoisotopic (exact) mass is 411 g/mol. The number of hydrogen-bond donors (Lipinski definition) is 1. The molecule has 0 bridgehead atoms. The largest absolute Gasteiger partial charge is 0.484 e. The first-order chi connectivity index (χ1) is 14.1. The molecular weight excluding hydrogens is 393 g/mol. The predicted molar refractivity (Wildman–Crippen MR) is 109 cm³/mol. The average molecular weight is 411 g/mol. The Hall–Kier alpha value is -3.26. The second-order valence-corrected chi connectivity index (χ2v) is 7.51. The molecule has 0 spiro atoms. The number of halogens is 1. The lowest BCUT2D eigenvalue weighted by Gasteiger charge is -2.07. The Bertz CT molecular complexity index is 1200. The number of anilines is 1. The number of nitrogens with one attached hydrogen (secondary N) is 1. The predicted octanol–water partition coefficient (Wildman–Crippen LogP) is 1.92. The van der Waals surface area contributed by atoms with E-state index in [-0.39, 0.29) is 23.9 Å². The van der Waals surface area contributed by atoms with Crippen molar-refractivity contribution < 1.29 is 13.9 Å². The van der Waals surface area contributed by atoms with Gasteiger partial charge in [0.25, 0.3) is 11.5 Å². The molecule has 0 aliphatic carbocycles. The van der Waals surface area contributed by atoms with E-state index in [0.717, 1.165) is 29.9 Å². The fourth-order valence-corrected chi connectivity index (χ4v) is 3.95. The van der Waals surface area contributed by atoms with Crippen molar-refractivity contribution in [2.75, 3.05) is 18.5 Å². The third-order valence-corrected chi connectivity index (χ3v) is 5.40. The van der Waals surface area contributed by atoms with Crippen molar-refractivity contribution in [3.63, 3.8) is 0 Å². The van der Waals surface area contributed by atoms with Gasteiger partial charge in [0.2, 0.25) is 0 Å². The Morgan fingerprint density at radius 3 is 2.69 bits per heavy atom. The van der Waals surface area contributed by atoms with Gasteiger partial charge in [0, 0.05) is 18.8 Å². The summed E-state index contributed by atoms with van der Waals surface area (Å²) in [4.78, 5) is 29.5. The van der Waals surface area contributed by atoms with Gasteiger partial charge in [-0.25, -0.2) is 4.39 Å². The van der Waals surface area contributed by atoms with Crippen LogP contribution in [-0.2, 0) is 11.3 Å². The van der Waals surface area contributed by atoms with Crippen molar-refractivity contribution in [3.05, 3.63) is 79.6 Å². The van der Waals surface area contributed by atoms with Gasteiger partial charge in [-0.3, -0.25) is 19.1 Å². The van der Waals surface area contributed by atoms with Crippen LogP contribution in [-0.4, -0.2) is 23.6 Å². The summed E-state index contributed by atoms with van der Waals surface area (Å²) in [7, 11) is 0. The number of carbonyl (C=O) groups excluding carboxylic acids is 1. The third kappa shape index (κ3) is 4.60. The molecule has 2 heterocycles. The summed E-state index contributed by atoms with van der Waals surface area (Å²) in [6.07, 6.45) is 2.72. The second kappa shape index (κ2) is 8.40. The molecule has 2 aromatic carbocycles. The Labute approximate surface area is 169 Å². The first-order valence-electron chi connectivity index (χ1n) is 9.13. The molecule has 148 valence electrons. The smallest absolute Gasteiger partial charge is 0.270 e. The molecule has 0 unspecified atom stereocenters. The fraction of sp³-hybridized carbons (Fsp3) is 0.190. The number of amides is 1. The van der Waals surface area contributed by atoms with Crippen LogP contribution in [0.15, 0.2) is 58.3 Å². The first-order valence-corrected chi connectivity index (χ1v) is 9.94. The van der Waals surface area contributed by atoms with E-state index in [9.17, 15) is 14.0 Å². The summed E-state index contributed by atoms with van der Waals surface area (Å²) < 4.78 is 20.7. The normalized spacial score (nSPS) is 13.5. The number of hydrogen-bond acceptors (Lipinski definition) is 5. The zero-order valence-electron chi connectivity index (χ0n) is 15.4. The molecule has 0 saturated carbocycles. The van der Waals surface area contributed by atoms with E-state index < -0.39 is 0 Å². The van der Waals surface area contributed by atoms with Crippen molar-refractivity contribution in [2.45, 2.75) is 13.0 Å². The van der Waals surface area contributed by atoms with Crippen molar-refractivity contribution >= 4 is 29.0 Å². The molecule has 0 fully saturated rings. The van der Waals surface area contributed by atoms with Crippen LogP contribution in [0.3, 0.4) is 0 Å². The minimum Gasteiger partial charge on any atom is -0.484 e. The van der Waals surface area contributed by atoms with Crippen LogP contribution in [0.4, 0.5) is 10.1 Å². The van der Waals surface area contributed by atoms with Crippen LogP contribution >= 0.6 is 11.3 Å². The number of aromatic nitrogens is 1. The quantitative estimate of drug-likeness (QED) is 0.697. The van der Waals surface area contributed by atoms with Gasteiger partial charge >= 0.3 is 0 Å². The van der Waals surface area contributed by atoms with Crippen LogP contribution < -0.4 is 24.9 Å². The number of carbonyl (C=O) groups is 1. The number of rotatable bonds is 5. The number of ether oxygens (including phenoxy) is 1. The number of thiazole rings is 1. The van der Waals surface area contributed by atoms with Gasteiger partial charge in [-0.05, 0) is 54.5 Å². The van der Waals surface area contributed by atoms with E-state index in [1.54, 1.807) is 16.7 Å². The zero-order valence-corrected chi connectivity index (χ0v) is 16.2. The van der Waals surface area contributed by atoms with E-state index >= 15 is 0 Å². The van der Waals surface area contributed by atoms with Crippen LogP contribution in [0.5, 0.6) is 5.75 Å². The van der Waals surface area contributed by atoms with E-state index in [0.29, 0.717) is 16.0 Å². The molecule has 1 aromatic heterocycles. The standard InChI is InChI=1S/C21H18FN3O3S/c22-15-4-6-16(7-5-15)24-19(26)13-28-17-8-2-14(3-9-17)12-18-20(27)25-11-1-10-23-21(25)29-18/h2-9,12H,1,10-11,13H2,(H,24,26)/b18-12+. The maximum atomic E-state index is 12.9. The highest BCUT2D eigenvalue weighted by Crippen LogP contribution is 2.13. The average Bonchev–Trinajstić information content (AvgIpc) is 3.05. The maximum absolute atomic E-state index is 12.9. The van der Waals surface area contributed by atoms with Crippen LogP contribution in [0, 0.1) is 5.82 Å². The summed E-state index contributed by atoms with van der Waals surface area (Å²) in [5.74, 6) is -0.169. The molecule has 1 N–H and O–H groups in total. The minimum atomic E-state index is -0.365. The molecule has 1 aliphatic heterocycles. The molecule has 6 nitrogen and oxygen atoms in total. The van der Waals surface area contributed by atoms with E-state index in [1.807, 2.05) is 18.2 Å². The molecule has 0 atom stereocenters. The van der Waals surface area contributed by atoms with E-state index in [4.69, 9.17) is 4.74 Å². The summed E-state index contributed by atoms with van der Waals surface area (Å²) >= 11 is 1.40. The summed E-state index contributed by atoms with van der Waals surface area (Å²) in [5, 5.41) is 2.63. The highest BCUT2D eigenvalue weighted by molar-refractivity contribution is 7.07. The van der Waals surface area contributed by atoms with Crippen LogP contribution in [0.1, 0.15) is 12.0 Å². The van der Waals surface area contributed by atoms with Crippen molar-refractivity contribution in [3.8, 4) is 5.75 Å². The molecule has 3 aromatic rings. The number of nitrogens with zero attached hydrogens (tertiary/aromatic N) is 2. The molecule has 0 radical (unpaired) electrons. The number of fused-ring (bicyclic) bond motifs is 1. The van der Waals surface area contributed by atoms with Crippen LogP contribution in [0.2, 0.25) is 0 Å². The highest BCUT2D eigenvalue weighted by Gasteiger charge is 2.09. The fourth-order valence-electron chi connectivity index (χ4n) is 2.92. The topological polar surface area (TPSA) is 72.7 Å². The van der Waals surface area contributed by atoms with Gasteiger partial charge < -0.3 is 10.1 Å². The second-order valence-electron chi connectivity index (χ2n) is 6.50. The number of benzene rings is 2. The van der Waals surface area contributed by atoms with Gasteiger partial charge in [-0.2, -0.15) is 0 Å². The molecule has 29 heavy (non-hydrogen) atoms. The Morgan fingerprint density at radius 1 is 1.21 bits per heavy atom. The molecule has 1 aliphatic rings. The summed E-state index contributed by atoms with van der Waals surface area (Å²) in [6, 6.07) is 12.6. The van der Waals surface area contributed by atoms with Crippen molar-refractivity contribution in [1.82, 2.24) is 4.57 Å². The van der Waals surface area contributed by atoms with Gasteiger partial charge in [-0.15, -0.1) is 0 Å². The van der Waals surface area contributed by atoms with Gasteiger partial charge in [0.05, 0.1) is 4.53 Å². The van der Waals surface area contributed by atoms with Gasteiger partial charge in [0.1, 0.15) is 11.6 Å². The SMILES string of the molecule is O=C(COc1ccc(/C=c2/sc3n(c2=O)CCCN=3)cc1)Nc1ccc(F)cc1. The lowest BCUT2D eigenvalue weighted by Crippen LogP contribution is -2.33. The summed E-state index contributed by atoms with van der Waals surface area (Å²) in [5.41, 5.74) is 1.36. The molecular formula is C21H18FN3O3S. The third-order valence-electron chi connectivity index (χ3n) is 4.35. The van der Waals surface area contributed by atoms with Gasteiger partial charge in [0.15, 0.2) is 11.4 Å². The molecule has 4 rings (SSSR count). The lowest BCUT2D eigenvalue weighted by atomic mass is 10.2. The summed E-state index contributed by atoms with van der Waals surface area (Å²) in [6.45, 7) is 1.32. The highest BCUT2D eigenvalue weighted by atomic mass is 32.1. The van der Waals surface area contributed by atoms with E-state index in [1.165, 1.54) is 35.6 Å². The lowest BCUT2D eigenvalue weighted by molar-refractivity contribution is -0.118. The Kier molecular flexibility index (Phi) is 5.53. The first kappa shape index (κ1) is 19.1. The van der Waals surface area contributed by atoms with Crippen molar-refractivity contribution in [2.24, 2.45) is 4.99 Å². The minimum absolute atomic E-state index is 0.00811. The molecule has 8 heteroatoms.